The summed E-state index contributed by atoms with van der Waals surface area (Å²) in [5, 5.41) is 10.3. The molecule has 1 aromatic rings. The molecule has 2 rings (SSSR count). The summed E-state index contributed by atoms with van der Waals surface area (Å²) in [4.78, 5) is 7.30. The molecule has 0 atom stereocenters. The molecular formula is C11H16ClN3O3S. The summed E-state index contributed by atoms with van der Waals surface area (Å²) in [6, 6.07) is 0. The number of hydrogen-bond acceptors (Lipinski definition) is 5. The molecule has 0 spiro atoms. The van der Waals surface area contributed by atoms with Gasteiger partial charge in [0.15, 0.2) is 0 Å². The number of nitrogens with zero attached hydrogens (tertiary/aromatic N) is 3. The molecule has 1 aliphatic carbocycles. The van der Waals surface area contributed by atoms with E-state index in [0.717, 1.165) is 17.1 Å². The fraction of sp³-hybridized carbons (Fsp3) is 0.636. The molecule has 19 heavy (non-hydrogen) atoms. The lowest BCUT2D eigenvalue weighted by molar-refractivity contribution is 0.0333. The Morgan fingerprint density at radius 3 is 2.42 bits per heavy atom. The first-order valence-electron chi connectivity index (χ1n) is 6.00. The van der Waals surface area contributed by atoms with Crippen LogP contribution in [-0.4, -0.2) is 47.0 Å². The first kappa shape index (κ1) is 14.6. The van der Waals surface area contributed by atoms with Gasteiger partial charge < -0.3 is 5.11 Å². The number of halogens is 1. The Bertz CT molecular complexity index is 541. The molecule has 0 bridgehead atoms. The number of rotatable bonds is 4. The van der Waals surface area contributed by atoms with E-state index in [1.165, 1.54) is 19.4 Å². The van der Waals surface area contributed by atoms with Crippen molar-refractivity contribution in [3.63, 3.8) is 0 Å². The second-order valence-corrected chi connectivity index (χ2v) is 7.26. The van der Waals surface area contributed by atoms with Crippen molar-refractivity contribution in [3.8, 4) is 0 Å². The molecule has 1 fully saturated rings. The molecule has 1 aliphatic rings. The van der Waals surface area contributed by atoms with Crippen molar-refractivity contribution in [1.29, 1.82) is 0 Å². The summed E-state index contributed by atoms with van der Waals surface area (Å²) >= 11 is 5.53. The minimum atomic E-state index is -3.69. The molecule has 1 heterocycles. The largest absolute Gasteiger partial charge is 0.389 e. The highest BCUT2D eigenvalue weighted by molar-refractivity contribution is 7.89. The van der Waals surface area contributed by atoms with Crippen molar-refractivity contribution in [2.24, 2.45) is 0 Å². The van der Waals surface area contributed by atoms with Gasteiger partial charge in [-0.2, -0.15) is 4.31 Å². The van der Waals surface area contributed by atoms with Gasteiger partial charge in [-0.3, -0.25) is 0 Å². The van der Waals surface area contributed by atoms with Gasteiger partial charge in [-0.15, -0.1) is 0 Å². The number of hydrogen-bond donors (Lipinski definition) is 1. The van der Waals surface area contributed by atoms with E-state index in [-0.39, 0.29) is 16.7 Å². The fourth-order valence-corrected chi connectivity index (χ4v) is 3.54. The monoisotopic (exact) mass is 305 g/mol. The summed E-state index contributed by atoms with van der Waals surface area (Å²) in [5.41, 5.74) is -0.922. The third-order valence-corrected chi connectivity index (χ3v) is 5.31. The van der Waals surface area contributed by atoms with Crippen LogP contribution in [0.1, 0.15) is 25.7 Å². The SMILES string of the molecule is CN(CC1(O)CCCC1)S(=O)(=O)c1cnc(Cl)nc1. The Morgan fingerprint density at radius 1 is 1.37 bits per heavy atom. The van der Waals surface area contributed by atoms with Gasteiger partial charge in [-0.1, -0.05) is 12.8 Å². The molecule has 1 aromatic heterocycles. The zero-order chi connectivity index (χ0) is 14.1. The highest BCUT2D eigenvalue weighted by atomic mass is 35.5. The zero-order valence-electron chi connectivity index (χ0n) is 10.6. The predicted octanol–water partition coefficient (Wildman–Crippen LogP) is 1.06. The van der Waals surface area contributed by atoms with Crippen LogP contribution in [0.25, 0.3) is 0 Å². The molecule has 1 N–H and O–H groups in total. The molecule has 106 valence electrons. The molecule has 0 aliphatic heterocycles. The van der Waals surface area contributed by atoms with E-state index >= 15 is 0 Å². The van der Waals surface area contributed by atoms with Gasteiger partial charge in [0, 0.05) is 13.6 Å². The van der Waals surface area contributed by atoms with Gasteiger partial charge in [0.2, 0.25) is 15.3 Å². The van der Waals surface area contributed by atoms with Gasteiger partial charge in [0.05, 0.1) is 18.0 Å². The Balaban J connectivity index is 2.17. The Hall–Kier alpha value is -0.760. The maximum Gasteiger partial charge on any atom is 0.245 e. The van der Waals surface area contributed by atoms with Crippen LogP contribution in [-0.2, 0) is 10.0 Å². The van der Waals surface area contributed by atoms with Gasteiger partial charge in [-0.25, -0.2) is 18.4 Å². The summed E-state index contributed by atoms with van der Waals surface area (Å²) < 4.78 is 25.7. The zero-order valence-corrected chi connectivity index (χ0v) is 12.2. The third-order valence-electron chi connectivity index (χ3n) is 3.36. The second kappa shape index (κ2) is 5.32. The number of aromatic nitrogens is 2. The van der Waals surface area contributed by atoms with E-state index in [9.17, 15) is 13.5 Å². The maximum atomic E-state index is 12.3. The van der Waals surface area contributed by atoms with Crippen LogP contribution >= 0.6 is 11.6 Å². The van der Waals surface area contributed by atoms with Gasteiger partial charge in [0.25, 0.3) is 0 Å². The average molecular weight is 306 g/mol. The van der Waals surface area contributed by atoms with E-state index < -0.39 is 15.6 Å². The summed E-state index contributed by atoms with van der Waals surface area (Å²) in [6.45, 7) is 0.0813. The van der Waals surface area contributed by atoms with Gasteiger partial charge in [-0.05, 0) is 24.4 Å². The van der Waals surface area contributed by atoms with E-state index in [2.05, 4.69) is 9.97 Å². The molecule has 6 nitrogen and oxygen atoms in total. The lowest BCUT2D eigenvalue weighted by atomic mass is 10.0. The fourth-order valence-electron chi connectivity index (χ4n) is 2.30. The van der Waals surface area contributed by atoms with Crippen LogP contribution in [0.5, 0.6) is 0 Å². The lowest BCUT2D eigenvalue weighted by Crippen LogP contribution is -2.42. The predicted molar refractivity (Wildman–Crippen MR) is 70.3 cm³/mol. The number of sulfonamides is 1. The molecule has 8 heteroatoms. The summed E-state index contributed by atoms with van der Waals surface area (Å²) in [7, 11) is -2.25. The lowest BCUT2D eigenvalue weighted by Gasteiger charge is -2.27. The molecular weight excluding hydrogens is 290 g/mol. The Morgan fingerprint density at radius 2 is 1.89 bits per heavy atom. The topological polar surface area (TPSA) is 83.4 Å². The molecule has 0 unspecified atom stereocenters. The normalized spacial score (nSPS) is 18.9. The highest BCUT2D eigenvalue weighted by Gasteiger charge is 2.35. The van der Waals surface area contributed by atoms with E-state index in [0.29, 0.717) is 12.8 Å². The third kappa shape index (κ3) is 3.22. The van der Waals surface area contributed by atoms with Crippen LogP contribution in [0.15, 0.2) is 17.3 Å². The summed E-state index contributed by atoms with van der Waals surface area (Å²) in [5.74, 6) is 0. The first-order valence-corrected chi connectivity index (χ1v) is 7.82. The van der Waals surface area contributed by atoms with Crippen molar-refractivity contribution in [2.75, 3.05) is 13.6 Å². The first-order chi connectivity index (χ1) is 8.83. The molecule has 1 saturated carbocycles. The van der Waals surface area contributed by atoms with Crippen LogP contribution < -0.4 is 0 Å². The average Bonchev–Trinajstić information content (AvgIpc) is 2.76. The van der Waals surface area contributed by atoms with Crippen LogP contribution in [0.3, 0.4) is 0 Å². The Kier molecular flexibility index (Phi) is 4.10. The van der Waals surface area contributed by atoms with Crippen molar-refractivity contribution in [2.45, 2.75) is 36.2 Å². The van der Waals surface area contributed by atoms with Crippen LogP contribution in [0.4, 0.5) is 0 Å². The Labute approximate surface area is 117 Å². The standard InChI is InChI=1S/C11H16ClN3O3S/c1-15(8-11(16)4-2-3-5-11)19(17,18)9-6-13-10(12)14-7-9/h6-7,16H,2-5,8H2,1H3. The highest BCUT2D eigenvalue weighted by Crippen LogP contribution is 2.31. The van der Waals surface area contributed by atoms with Crippen molar-refractivity contribution in [3.05, 3.63) is 17.7 Å². The quantitative estimate of drug-likeness (QED) is 0.841. The second-order valence-electron chi connectivity index (χ2n) is 4.88. The van der Waals surface area contributed by atoms with E-state index in [1.54, 1.807) is 0 Å². The number of aliphatic hydroxyl groups is 1. The van der Waals surface area contributed by atoms with Crippen LogP contribution in [0, 0.1) is 0 Å². The van der Waals surface area contributed by atoms with Crippen molar-refractivity contribution < 1.29 is 13.5 Å². The smallest absolute Gasteiger partial charge is 0.245 e. The van der Waals surface area contributed by atoms with Gasteiger partial charge >= 0.3 is 0 Å². The minimum absolute atomic E-state index is 0.00368. The van der Waals surface area contributed by atoms with E-state index in [1.807, 2.05) is 0 Å². The summed E-state index contributed by atoms with van der Waals surface area (Å²) in [6.07, 6.45) is 5.44. The molecule has 0 aromatic carbocycles. The molecule has 0 radical (unpaired) electrons. The van der Waals surface area contributed by atoms with Crippen molar-refractivity contribution >= 4 is 21.6 Å². The van der Waals surface area contributed by atoms with Crippen molar-refractivity contribution in [1.82, 2.24) is 14.3 Å². The molecule has 0 amide bonds. The van der Waals surface area contributed by atoms with E-state index in [4.69, 9.17) is 11.6 Å². The minimum Gasteiger partial charge on any atom is -0.389 e. The maximum absolute atomic E-state index is 12.3. The van der Waals surface area contributed by atoms with Crippen LogP contribution in [0.2, 0.25) is 5.28 Å². The molecule has 0 saturated heterocycles. The van der Waals surface area contributed by atoms with Gasteiger partial charge in [0.1, 0.15) is 4.90 Å². The number of likely N-dealkylation sites (N-methyl/N-ethyl adjacent to an activating group) is 1.